The first kappa shape index (κ1) is 17.6. The lowest BCUT2D eigenvalue weighted by molar-refractivity contribution is 0.101. The number of fused-ring (bicyclic) bond motifs is 3. The molecule has 0 saturated carbocycles. The average molecular weight is 385 g/mol. The van der Waals surface area contributed by atoms with Crippen LogP contribution in [0.3, 0.4) is 0 Å². The number of benzene rings is 2. The minimum atomic E-state index is -3.84. The molecule has 2 aromatic carbocycles. The van der Waals surface area contributed by atoms with E-state index in [9.17, 15) is 17.6 Å². The minimum Gasteiger partial charge on any atom is -0.294 e. The van der Waals surface area contributed by atoms with E-state index in [-0.39, 0.29) is 5.78 Å². The number of carbonyl (C=O) groups is 1. The van der Waals surface area contributed by atoms with Crippen molar-refractivity contribution in [1.29, 1.82) is 0 Å². The molecule has 0 fully saturated rings. The predicted molar refractivity (Wildman–Crippen MR) is 100 cm³/mol. The number of anilines is 1. The van der Waals surface area contributed by atoms with Crippen molar-refractivity contribution in [3.05, 3.63) is 71.2 Å². The van der Waals surface area contributed by atoms with Gasteiger partial charge in [0.1, 0.15) is 5.82 Å². The Kier molecular flexibility index (Phi) is 3.97. The highest BCUT2D eigenvalue weighted by molar-refractivity contribution is 7.90. The van der Waals surface area contributed by atoms with Crippen molar-refractivity contribution < 1.29 is 17.6 Å². The Labute approximate surface area is 155 Å². The summed E-state index contributed by atoms with van der Waals surface area (Å²) in [5.74, 6) is -0.562. The molecule has 0 saturated heterocycles. The second kappa shape index (κ2) is 6.11. The van der Waals surface area contributed by atoms with Crippen molar-refractivity contribution in [2.24, 2.45) is 0 Å². The number of carbonyl (C=O) groups excluding carboxylic acids is 1. The molecule has 27 heavy (non-hydrogen) atoms. The highest BCUT2D eigenvalue weighted by Crippen LogP contribution is 2.43. The molecule has 6 nitrogen and oxygen atoms in total. The van der Waals surface area contributed by atoms with E-state index in [1.165, 1.54) is 42.5 Å². The van der Waals surface area contributed by atoms with Crippen LogP contribution in [0.15, 0.2) is 48.7 Å². The fourth-order valence-corrected chi connectivity index (χ4v) is 4.58. The van der Waals surface area contributed by atoms with Gasteiger partial charge < -0.3 is 0 Å². The normalized spacial score (nSPS) is 18.7. The number of hydrogen-bond acceptors (Lipinski definition) is 4. The van der Waals surface area contributed by atoms with E-state index in [1.54, 1.807) is 24.4 Å². The molecule has 4 rings (SSSR count). The van der Waals surface area contributed by atoms with E-state index in [4.69, 9.17) is 0 Å². The Morgan fingerprint density at radius 3 is 2.59 bits per heavy atom. The van der Waals surface area contributed by atoms with Gasteiger partial charge in [-0.15, -0.1) is 0 Å². The molecule has 1 N–H and O–H groups in total. The van der Waals surface area contributed by atoms with Crippen molar-refractivity contribution in [3.63, 3.8) is 0 Å². The summed E-state index contributed by atoms with van der Waals surface area (Å²) in [5, 5.41) is 0.578. The van der Waals surface area contributed by atoms with Crippen LogP contribution in [-0.4, -0.2) is 30.5 Å². The lowest BCUT2D eigenvalue weighted by Crippen LogP contribution is -2.41. The quantitative estimate of drug-likeness (QED) is 0.687. The van der Waals surface area contributed by atoms with Gasteiger partial charge in [0.25, 0.3) is 0 Å². The Morgan fingerprint density at radius 1 is 1.22 bits per heavy atom. The van der Waals surface area contributed by atoms with E-state index in [1.807, 2.05) is 0 Å². The second-order valence-corrected chi connectivity index (χ2v) is 8.15. The zero-order valence-corrected chi connectivity index (χ0v) is 15.4. The van der Waals surface area contributed by atoms with E-state index >= 15 is 0 Å². The monoisotopic (exact) mass is 385 g/mol. The van der Waals surface area contributed by atoms with Crippen LogP contribution in [0.25, 0.3) is 10.9 Å². The summed E-state index contributed by atoms with van der Waals surface area (Å²) in [4.78, 5) is 16.5. The van der Waals surface area contributed by atoms with Crippen LogP contribution < -0.4 is 4.72 Å². The molecule has 0 radical (unpaired) electrons. The van der Waals surface area contributed by atoms with Crippen molar-refractivity contribution >= 4 is 32.6 Å². The number of aromatic nitrogens is 1. The molecule has 0 spiro atoms. The molecular weight excluding hydrogens is 369 g/mol. The van der Waals surface area contributed by atoms with Crippen LogP contribution in [0.5, 0.6) is 0 Å². The standard InChI is InChI=1S/C19H16FN3O3S/c1-11(24)15-10-16-18(17-14(15)4-3-9-21-17)22-27(25,26)23(2)19(16)12-5-7-13(20)8-6-12/h3-10,19,22H,1-2H3. The lowest BCUT2D eigenvalue weighted by Gasteiger charge is -2.35. The number of rotatable bonds is 2. The molecule has 1 aromatic heterocycles. The summed E-state index contributed by atoms with van der Waals surface area (Å²) < 4.78 is 42.5. The van der Waals surface area contributed by atoms with E-state index in [2.05, 4.69) is 9.71 Å². The summed E-state index contributed by atoms with van der Waals surface area (Å²) in [6, 6.07) is 10.0. The number of halogens is 1. The van der Waals surface area contributed by atoms with Crippen LogP contribution in [0, 0.1) is 5.82 Å². The minimum absolute atomic E-state index is 0.148. The van der Waals surface area contributed by atoms with Gasteiger partial charge in [-0.3, -0.25) is 14.5 Å². The zero-order chi connectivity index (χ0) is 19.3. The maximum atomic E-state index is 13.4. The molecule has 0 amide bonds. The number of Topliss-reactive ketones (excluding diaryl/α,β-unsaturated/α-hetero) is 1. The topological polar surface area (TPSA) is 79.4 Å². The largest absolute Gasteiger partial charge is 0.302 e. The predicted octanol–water partition coefficient (Wildman–Crippen LogP) is 3.27. The second-order valence-electron chi connectivity index (χ2n) is 6.42. The average Bonchev–Trinajstić information content (AvgIpc) is 2.63. The van der Waals surface area contributed by atoms with Crippen molar-refractivity contribution in [2.75, 3.05) is 11.8 Å². The van der Waals surface area contributed by atoms with Gasteiger partial charge >= 0.3 is 10.2 Å². The van der Waals surface area contributed by atoms with E-state index < -0.39 is 22.1 Å². The number of hydrogen-bond donors (Lipinski definition) is 1. The molecule has 1 unspecified atom stereocenters. The maximum Gasteiger partial charge on any atom is 0.302 e. The van der Waals surface area contributed by atoms with Gasteiger partial charge in [-0.05, 0) is 36.8 Å². The Bertz CT molecular complexity index is 1180. The van der Waals surface area contributed by atoms with E-state index in [0.29, 0.717) is 33.3 Å². The summed E-state index contributed by atoms with van der Waals surface area (Å²) in [6.07, 6.45) is 1.55. The smallest absolute Gasteiger partial charge is 0.294 e. The Hall–Kier alpha value is -2.84. The van der Waals surface area contributed by atoms with Crippen LogP contribution >= 0.6 is 0 Å². The first-order valence-corrected chi connectivity index (χ1v) is 9.67. The number of nitrogens with zero attached hydrogens (tertiary/aromatic N) is 2. The van der Waals surface area contributed by atoms with Gasteiger partial charge in [0.05, 0.1) is 17.2 Å². The van der Waals surface area contributed by atoms with E-state index in [0.717, 1.165) is 0 Å². The summed E-state index contributed by atoms with van der Waals surface area (Å²) >= 11 is 0. The maximum absolute atomic E-state index is 13.4. The number of nitrogens with one attached hydrogen (secondary N) is 1. The Balaban J connectivity index is 2.09. The highest BCUT2D eigenvalue weighted by atomic mass is 32.2. The van der Waals surface area contributed by atoms with Gasteiger partial charge in [-0.1, -0.05) is 18.2 Å². The van der Waals surface area contributed by atoms with Gasteiger partial charge in [-0.2, -0.15) is 12.7 Å². The molecule has 0 bridgehead atoms. The van der Waals surface area contributed by atoms with Crippen molar-refractivity contribution in [1.82, 2.24) is 9.29 Å². The molecule has 8 heteroatoms. The first-order valence-electron chi connectivity index (χ1n) is 8.23. The molecule has 0 aliphatic carbocycles. The molecular formula is C19H16FN3O3S. The van der Waals surface area contributed by atoms with Gasteiger partial charge in [-0.25, -0.2) is 4.39 Å². The fraction of sp³-hybridized carbons (Fsp3) is 0.158. The molecule has 2 heterocycles. The molecule has 1 aliphatic heterocycles. The molecule has 1 aliphatic rings. The SMILES string of the molecule is CC(=O)c1cc2c(c3ncccc13)NS(=O)(=O)N(C)C2c1ccc(F)cc1. The van der Waals surface area contributed by atoms with Crippen LogP contribution in [0.2, 0.25) is 0 Å². The van der Waals surface area contributed by atoms with Crippen molar-refractivity contribution in [2.45, 2.75) is 13.0 Å². The number of pyridine rings is 1. The van der Waals surface area contributed by atoms with Gasteiger partial charge in [0.2, 0.25) is 0 Å². The van der Waals surface area contributed by atoms with Crippen LogP contribution in [-0.2, 0) is 10.2 Å². The Morgan fingerprint density at radius 2 is 1.93 bits per heavy atom. The summed E-state index contributed by atoms with van der Waals surface area (Å²) in [5.41, 5.74) is 2.39. The third-order valence-electron chi connectivity index (χ3n) is 4.76. The summed E-state index contributed by atoms with van der Waals surface area (Å²) in [6.45, 7) is 1.46. The molecule has 138 valence electrons. The summed E-state index contributed by atoms with van der Waals surface area (Å²) in [7, 11) is -2.40. The third kappa shape index (κ3) is 2.77. The highest BCUT2D eigenvalue weighted by Gasteiger charge is 2.38. The fourth-order valence-electron chi connectivity index (χ4n) is 3.45. The zero-order valence-electron chi connectivity index (χ0n) is 14.6. The molecule has 1 atom stereocenters. The lowest BCUT2D eigenvalue weighted by atomic mass is 9.92. The van der Waals surface area contributed by atoms with Crippen LogP contribution in [0.1, 0.15) is 34.5 Å². The third-order valence-corrected chi connectivity index (χ3v) is 6.19. The first-order chi connectivity index (χ1) is 12.8. The molecule has 3 aromatic rings. The van der Waals surface area contributed by atoms with Crippen molar-refractivity contribution in [3.8, 4) is 0 Å². The number of ketones is 1. The van der Waals surface area contributed by atoms with Gasteiger partial charge in [0, 0.05) is 29.8 Å². The van der Waals surface area contributed by atoms with Gasteiger partial charge in [0.15, 0.2) is 5.78 Å². The van der Waals surface area contributed by atoms with Crippen LogP contribution in [0.4, 0.5) is 10.1 Å².